The van der Waals surface area contributed by atoms with Crippen LogP contribution in [0, 0.1) is 5.41 Å². The van der Waals surface area contributed by atoms with Crippen LogP contribution < -0.4 is 24.4 Å². The molecule has 1 heterocycles. The molecule has 2 N–H and O–H groups in total. The summed E-state index contributed by atoms with van der Waals surface area (Å²) in [7, 11) is 0.427. The number of ether oxygens (including phenoxy) is 4. The number of amides is 1. The zero-order valence-electron chi connectivity index (χ0n) is 24.6. The van der Waals surface area contributed by atoms with Crippen LogP contribution in [0.2, 0.25) is 0 Å². The molecule has 2 atom stereocenters. The van der Waals surface area contributed by atoms with Crippen LogP contribution in [-0.4, -0.2) is 54.1 Å². The van der Waals surface area contributed by atoms with E-state index in [1.54, 1.807) is 30.3 Å². The second kappa shape index (κ2) is 12.0. The summed E-state index contributed by atoms with van der Waals surface area (Å²) in [4.78, 5) is 16.5. The highest BCUT2D eigenvalue weighted by molar-refractivity contribution is 7.89. The normalized spacial score (nSPS) is 19.6. The number of carbonyl (C=O) groups is 1. The molecule has 0 unspecified atom stereocenters. The zero-order valence-corrected chi connectivity index (χ0v) is 25.4. The van der Waals surface area contributed by atoms with E-state index in [2.05, 4.69) is 29.1 Å². The topological polar surface area (TPSA) is 125 Å². The van der Waals surface area contributed by atoms with E-state index >= 15 is 0 Å². The minimum absolute atomic E-state index is 0.0541. The number of nitrogens with one attached hydrogen (secondary N) is 2. The van der Waals surface area contributed by atoms with Gasteiger partial charge < -0.3 is 24.3 Å². The first kappa shape index (κ1) is 30.9. The van der Waals surface area contributed by atoms with Crippen molar-refractivity contribution in [2.75, 3.05) is 27.9 Å². The number of sulfonamides is 1. The van der Waals surface area contributed by atoms with E-state index in [4.69, 9.17) is 18.9 Å². The molecule has 3 aromatic rings. The first-order valence-corrected chi connectivity index (χ1v) is 14.8. The third kappa shape index (κ3) is 6.07. The van der Waals surface area contributed by atoms with Crippen molar-refractivity contribution < 1.29 is 32.2 Å². The summed E-state index contributed by atoms with van der Waals surface area (Å²) < 4.78 is 48.8. The summed E-state index contributed by atoms with van der Waals surface area (Å²) in [5.74, 6) is 0.461. The number of nitrogens with zero attached hydrogens (tertiary/aromatic N) is 1. The molecule has 42 heavy (non-hydrogen) atoms. The lowest BCUT2D eigenvalue weighted by atomic mass is 9.70. The summed E-state index contributed by atoms with van der Waals surface area (Å²) in [5, 5.41) is 7.37. The van der Waals surface area contributed by atoms with E-state index in [9.17, 15) is 13.2 Å². The molecule has 0 aliphatic carbocycles. The highest BCUT2D eigenvalue weighted by atomic mass is 32.2. The van der Waals surface area contributed by atoms with Gasteiger partial charge in [0.25, 0.3) is 15.9 Å². The fraction of sp³-hybridized carbons (Fsp3) is 0.355. The molecule has 0 bridgehead atoms. The van der Waals surface area contributed by atoms with Crippen molar-refractivity contribution in [2.45, 2.75) is 43.2 Å². The van der Waals surface area contributed by atoms with Crippen molar-refractivity contribution in [1.82, 2.24) is 10.1 Å². The molecule has 4 rings (SSSR count). The number of benzene rings is 3. The lowest BCUT2D eigenvalue weighted by Crippen LogP contribution is -2.62. The summed E-state index contributed by atoms with van der Waals surface area (Å²) >= 11 is 0. The summed E-state index contributed by atoms with van der Waals surface area (Å²) in [5.41, 5.74) is -1.81. The van der Waals surface area contributed by atoms with Gasteiger partial charge in [0.05, 0.1) is 44.6 Å². The summed E-state index contributed by atoms with van der Waals surface area (Å²) in [6, 6.07) is 20.2. The Hall–Kier alpha value is -4.09. The molecular formula is C31H37N3O7S. The fourth-order valence-electron chi connectivity index (χ4n) is 5.39. The van der Waals surface area contributed by atoms with E-state index < -0.39 is 27.1 Å². The molecule has 0 spiro atoms. The highest BCUT2D eigenvalue weighted by Gasteiger charge is 2.57. The van der Waals surface area contributed by atoms with Crippen LogP contribution in [0.4, 0.5) is 0 Å². The number of hydrogen-bond donors (Lipinski definition) is 2. The van der Waals surface area contributed by atoms with Crippen molar-refractivity contribution in [3.8, 4) is 17.2 Å². The van der Waals surface area contributed by atoms with Crippen LogP contribution in [0.15, 0.2) is 82.8 Å². The molecule has 10 nitrogen and oxygen atoms in total. The Bertz CT molecular complexity index is 1520. The molecule has 1 saturated heterocycles. The van der Waals surface area contributed by atoms with Gasteiger partial charge in [-0.3, -0.25) is 4.79 Å². The van der Waals surface area contributed by atoms with Crippen molar-refractivity contribution >= 4 is 22.1 Å². The van der Waals surface area contributed by atoms with Gasteiger partial charge in [-0.2, -0.15) is 13.5 Å². The molecule has 1 fully saturated rings. The lowest BCUT2D eigenvalue weighted by Gasteiger charge is -2.44. The molecule has 1 amide bonds. The Morgan fingerprint density at radius 1 is 0.929 bits per heavy atom. The average molecular weight is 596 g/mol. The van der Waals surface area contributed by atoms with Gasteiger partial charge >= 0.3 is 0 Å². The van der Waals surface area contributed by atoms with Crippen LogP contribution in [0.5, 0.6) is 17.2 Å². The predicted molar refractivity (Wildman–Crippen MR) is 160 cm³/mol. The van der Waals surface area contributed by atoms with Gasteiger partial charge in [0.1, 0.15) is 5.54 Å². The predicted octanol–water partition coefficient (Wildman–Crippen LogP) is 4.51. The van der Waals surface area contributed by atoms with E-state index in [1.165, 1.54) is 39.7 Å². The quantitative estimate of drug-likeness (QED) is 0.247. The number of rotatable bonds is 11. The molecule has 3 aromatic carbocycles. The third-order valence-electron chi connectivity index (χ3n) is 7.38. The second-order valence-corrected chi connectivity index (χ2v) is 12.7. The highest BCUT2D eigenvalue weighted by Crippen LogP contribution is 2.48. The molecule has 0 aromatic heterocycles. The van der Waals surface area contributed by atoms with E-state index in [0.717, 1.165) is 0 Å². The maximum atomic E-state index is 14.1. The molecular weight excluding hydrogens is 558 g/mol. The van der Waals surface area contributed by atoms with Crippen LogP contribution in [-0.2, 0) is 20.3 Å². The standard InChI is InChI=1S/C31H37N3O7S/c1-29(2)19-30(3,41-21-29)31(23-13-9-7-10-14-23,20-32-34-42(36,37)24-15-11-8-12-16-24)33-28(35)22-17-25(38-4)27(40-6)26(18-22)39-5/h7-18,20,34H,19,21H2,1-6H3,(H,33,35)/b32-20+/t30-,31-/m1/s1. The monoisotopic (exact) mass is 595 g/mol. The van der Waals surface area contributed by atoms with Gasteiger partial charge in [-0.05, 0) is 48.6 Å². The molecule has 1 aliphatic heterocycles. The second-order valence-electron chi connectivity index (χ2n) is 11.1. The molecule has 224 valence electrons. The van der Waals surface area contributed by atoms with Crippen LogP contribution >= 0.6 is 0 Å². The van der Waals surface area contributed by atoms with Gasteiger partial charge in [0.15, 0.2) is 11.5 Å². The molecule has 11 heteroatoms. The Kier molecular flexibility index (Phi) is 8.84. The maximum Gasteiger partial charge on any atom is 0.276 e. The minimum Gasteiger partial charge on any atom is -0.493 e. The Labute approximate surface area is 247 Å². The van der Waals surface area contributed by atoms with Gasteiger partial charge in [-0.15, -0.1) is 0 Å². The van der Waals surface area contributed by atoms with Gasteiger partial charge in [0, 0.05) is 5.56 Å². The van der Waals surface area contributed by atoms with Crippen molar-refractivity contribution in [3.05, 3.63) is 83.9 Å². The largest absolute Gasteiger partial charge is 0.493 e. The summed E-state index contributed by atoms with van der Waals surface area (Å²) in [6.45, 7) is 6.46. The fourth-order valence-corrected chi connectivity index (χ4v) is 6.20. The number of hydrazone groups is 1. The molecule has 1 aliphatic rings. The lowest BCUT2D eigenvalue weighted by molar-refractivity contribution is -0.0322. The number of carbonyl (C=O) groups excluding carboxylic acids is 1. The first-order chi connectivity index (χ1) is 19.9. The Balaban J connectivity index is 1.86. The van der Waals surface area contributed by atoms with Gasteiger partial charge in [-0.25, -0.2) is 4.83 Å². The maximum absolute atomic E-state index is 14.1. The van der Waals surface area contributed by atoms with Crippen molar-refractivity contribution in [2.24, 2.45) is 10.5 Å². The smallest absolute Gasteiger partial charge is 0.276 e. The molecule has 0 radical (unpaired) electrons. The van der Waals surface area contributed by atoms with E-state index in [1.807, 2.05) is 37.3 Å². The average Bonchev–Trinajstić information content (AvgIpc) is 3.29. The van der Waals surface area contributed by atoms with Gasteiger partial charge in [0.2, 0.25) is 5.75 Å². The Morgan fingerprint density at radius 2 is 1.50 bits per heavy atom. The SMILES string of the molecule is COc1cc(C(=O)N[C@](/C=N/NS(=O)(=O)c2ccccc2)(c2ccccc2)[C@@]2(C)CC(C)(C)CO2)cc(OC)c1OC. The molecule has 0 saturated carbocycles. The van der Waals surface area contributed by atoms with Crippen molar-refractivity contribution in [1.29, 1.82) is 0 Å². The van der Waals surface area contributed by atoms with Crippen LogP contribution in [0.25, 0.3) is 0 Å². The van der Waals surface area contributed by atoms with Gasteiger partial charge in [-0.1, -0.05) is 62.4 Å². The van der Waals surface area contributed by atoms with Crippen molar-refractivity contribution in [3.63, 3.8) is 0 Å². The van der Waals surface area contributed by atoms with E-state index in [-0.39, 0.29) is 15.9 Å². The van der Waals surface area contributed by atoms with E-state index in [0.29, 0.717) is 35.8 Å². The number of hydrogen-bond acceptors (Lipinski definition) is 8. The Morgan fingerprint density at radius 3 is 2.00 bits per heavy atom. The van der Waals surface area contributed by atoms with Crippen LogP contribution in [0.3, 0.4) is 0 Å². The zero-order chi connectivity index (χ0) is 30.6. The summed E-state index contributed by atoms with van der Waals surface area (Å²) in [6.07, 6.45) is 1.93. The minimum atomic E-state index is -3.99. The first-order valence-electron chi connectivity index (χ1n) is 13.3. The number of methoxy groups -OCH3 is 3. The van der Waals surface area contributed by atoms with Crippen LogP contribution in [0.1, 0.15) is 43.1 Å². The third-order valence-corrected chi connectivity index (χ3v) is 8.62.